The zero-order valence-electron chi connectivity index (χ0n) is 24.8. The molecule has 0 saturated heterocycles. The van der Waals surface area contributed by atoms with Crippen molar-refractivity contribution in [3.63, 3.8) is 0 Å². The average Bonchev–Trinajstić information content (AvgIpc) is 3.75. The Morgan fingerprint density at radius 2 is 1.04 bits per heavy atom. The Morgan fingerprint density at radius 3 is 1.51 bits per heavy atom. The van der Waals surface area contributed by atoms with Gasteiger partial charge in [-0.3, -0.25) is 14.3 Å². The summed E-state index contributed by atoms with van der Waals surface area (Å²) in [4.78, 5) is 2.12. The van der Waals surface area contributed by atoms with Gasteiger partial charge in [0.2, 0.25) is 0 Å². The van der Waals surface area contributed by atoms with E-state index >= 15 is 0 Å². The summed E-state index contributed by atoms with van der Waals surface area (Å²) in [6.07, 6.45) is 0. The molecule has 0 atom stereocenters. The van der Waals surface area contributed by atoms with Crippen LogP contribution in [-0.2, 0) is 21.1 Å². The van der Waals surface area contributed by atoms with Crippen LogP contribution in [0.5, 0.6) is 0 Å². The molecule has 2 heterocycles. The quantitative estimate of drug-likeness (QED) is 0.159. The maximum Gasteiger partial charge on any atom is 2.00 e. The van der Waals surface area contributed by atoms with Crippen molar-refractivity contribution in [1.82, 2.24) is 19.6 Å². The van der Waals surface area contributed by atoms with Gasteiger partial charge in [-0.2, -0.15) is 58.7 Å². The Bertz CT molecular complexity index is 1970. The van der Waals surface area contributed by atoms with Gasteiger partial charge in [0.15, 0.2) is 11.6 Å². The third kappa shape index (κ3) is 5.04. The van der Waals surface area contributed by atoms with Gasteiger partial charge in [-0.25, -0.2) is 0 Å². The van der Waals surface area contributed by atoms with Crippen LogP contribution in [0.4, 0.5) is 17.3 Å². The van der Waals surface area contributed by atoms with E-state index in [9.17, 15) is 0 Å². The number of anilines is 3. The van der Waals surface area contributed by atoms with E-state index in [4.69, 9.17) is 10.2 Å². The molecule has 0 radical (unpaired) electrons. The number of hydrogen-bond donors (Lipinski definition) is 0. The summed E-state index contributed by atoms with van der Waals surface area (Å²) >= 11 is 0. The van der Waals surface area contributed by atoms with E-state index in [1.807, 2.05) is 57.9 Å². The monoisotopic (exact) mass is 762 g/mol. The third-order valence-electron chi connectivity index (χ3n) is 8.37. The molecule has 5 nitrogen and oxygen atoms in total. The fraction of sp³-hybridized carbons (Fsp3) is 0.0769. The van der Waals surface area contributed by atoms with Crippen molar-refractivity contribution < 1.29 is 21.1 Å². The van der Waals surface area contributed by atoms with Gasteiger partial charge in [0.05, 0.1) is 0 Å². The van der Waals surface area contributed by atoms with Crippen LogP contribution in [0.25, 0.3) is 22.5 Å². The fourth-order valence-electron chi connectivity index (χ4n) is 6.37. The molecule has 0 spiro atoms. The van der Waals surface area contributed by atoms with Crippen LogP contribution in [0, 0.1) is 26.0 Å². The smallest absolute Gasteiger partial charge is 0.276 e. The number of nitrogens with zero attached hydrogens (tertiary/aromatic N) is 5. The van der Waals surface area contributed by atoms with Crippen molar-refractivity contribution >= 4 is 17.3 Å². The molecule has 8 rings (SSSR count). The minimum atomic E-state index is 0. The standard InChI is InChI=1S/C39H29N5.Pt/c1-27-25-37(40-43(27)31-13-5-3-6-14-31)42(38-26-28(2)44(41-38)32-15-7-4-8-16-32)30-23-21-29(22-24-30)39-35-19-11-9-17-33(35)34-18-10-12-20-36(34)39;/h3-13,15,17-26,39H,1-2H3;/q-2;+2. The molecule has 2 aromatic heterocycles. The summed E-state index contributed by atoms with van der Waals surface area (Å²) in [5.74, 6) is 1.76. The molecular weight excluding hydrogens is 734 g/mol. The number of fused-ring (bicyclic) bond motifs is 3. The maximum absolute atomic E-state index is 5.06. The second-order valence-corrected chi connectivity index (χ2v) is 11.1. The van der Waals surface area contributed by atoms with Gasteiger partial charge in [-0.15, -0.1) is 12.1 Å². The molecule has 1 aliphatic carbocycles. The largest absolute Gasteiger partial charge is 2.00 e. The maximum atomic E-state index is 5.06. The predicted octanol–water partition coefficient (Wildman–Crippen LogP) is 8.90. The number of rotatable bonds is 6. The van der Waals surface area contributed by atoms with Crippen molar-refractivity contribution in [3.8, 4) is 22.5 Å². The molecule has 0 amide bonds. The summed E-state index contributed by atoms with van der Waals surface area (Å²) in [5.41, 5.74) is 11.4. The van der Waals surface area contributed by atoms with Gasteiger partial charge in [-0.05, 0) is 65.2 Å². The summed E-state index contributed by atoms with van der Waals surface area (Å²) in [6.45, 7) is 4.13. The SMILES string of the molecule is Cc1cc(N(c2ccc(C3c4ccccc4-c4ccccc43)cc2)c2cc(C)n(-c3[c-]cccc3)n2)nn1-c1[c-]cccc1.[Pt+2]. The first-order chi connectivity index (χ1) is 21.7. The zero-order valence-corrected chi connectivity index (χ0v) is 27.1. The molecule has 1 aliphatic rings. The van der Waals surface area contributed by atoms with E-state index in [-0.39, 0.29) is 27.0 Å². The Hall–Kier alpha value is -4.99. The Balaban J connectivity index is 0.00000325. The van der Waals surface area contributed by atoms with Gasteiger partial charge >= 0.3 is 21.1 Å². The van der Waals surface area contributed by atoms with Crippen molar-refractivity contribution in [2.45, 2.75) is 19.8 Å². The molecule has 0 unspecified atom stereocenters. The number of hydrogen-bond acceptors (Lipinski definition) is 3. The van der Waals surface area contributed by atoms with Crippen molar-refractivity contribution in [2.75, 3.05) is 4.90 Å². The van der Waals surface area contributed by atoms with Crippen molar-refractivity contribution in [3.05, 3.63) is 174 Å². The van der Waals surface area contributed by atoms with Crippen LogP contribution < -0.4 is 4.90 Å². The fourth-order valence-corrected chi connectivity index (χ4v) is 6.37. The second-order valence-electron chi connectivity index (χ2n) is 11.1. The Labute approximate surface area is 277 Å². The van der Waals surface area contributed by atoms with Crippen molar-refractivity contribution in [2.24, 2.45) is 0 Å². The molecule has 45 heavy (non-hydrogen) atoms. The van der Waals surface area contributed by atoms with Crippen molar-refractivity contribution in [1.29, 1.82) is 0 Å². The van der Waals surface area contributed by atoms with Gasteiger partial charge < -0.3 is 0 Å². The number of aryl methyl sites for hydroxylation is 2. The summed E-state index contributed by atoms with van der Waals surface area (Å²) in [6, 6.07) is 53.0. The topological polar surface area (TPSA) is 38.9 Å². The second kappa shape index (κ2) is 11.8. The summed E-state index contributed by atoms with van der Waals surface area (Å²) in [5, 5.41) is 10.1. The molecule has 220 valence electrons. The molecule has 0 saturated carbocycles. The van der Waals surface area contributed by atoms with Gasteiger partial charge in [0, 0.05) is 35.1 Å². The molecule has 6 heteroatoms. The van der Waals surface area contributed by atoms with Gasteiger partial charge in [0.1, 0.15) is 0 Å². The van der Waals surface area contributed by atoms with Crippen LogP contribution in [0.15, 0.2) is 133 Å². The normalized spacial score (nSPS) is 12.0. The van der Waals surface area contributed by atoms with E-state index in [0.29, 0.717) is 0 Å². The molecule has 0 N–H and O–H groups in total. The molecule has 0 bridgehead atoms. The minimum Gasteiger partial charge on any atom is -0.276 e. The first-order valence-electron chi connectivity index (χ1n) is 14.8. The number of aromatic nitrogens is 4. The zero-order chi connectivity index (χ0) is 29.6. The van der Waals surface area contributed by atoms with Gasteiger partial charge in [0.25, 0.3) is 0 Å². The molecule has 0 aliphatic heterocycles. The summed E-state index contributed by atoms with van der Waals surface area (Å²) in [7, 11) is 0. The van der Waals surface area contributed by atoms with E-state index in [0.717, 1.165) is 40.1 Å². The Kier molecular flexibility index (Phi) is 7.56. The van der Waals surface area contributed by atoms with E-state index < -0.39 is 0 Å². The van der Waals surface area contributed by atoms with Crippen LogP contribution in [0.2, 0.25) is 0 Å². The minimum absolute atomic E-state index is 0. The van der Waals surface area contributed by atoms with Gasteiger partial charge in [-0.1, -0.05) is 60.7 Å². The number of para-hydroxylation sites is 2. The van der Waals surface area contributed by atoms with Crippen LogP contribution in [0.1, 0.15) is 34.0 Å². The first kappa shape index (κ1) is 28.8. The average molecular weight is 763 g/mol. The predicted molar refractivity (Wildman–Crippen MR) is 175 cm³/mol. The Morgan fingerprint density at radius 1 is 0.578 bits per heavy atom. The van der Waals surface area contributed by atoms with E-state index in [2.05, 4.69) is 116 Å². The molecule has 7 aromatic rings. The molecule has 5 aromatic carbocycles. The van der Waals surface area contributed by atoms with Crippen LogP contribution >= 0.6 is 0 Å². The number of benzene rings is 5. The van der Waals surface area contributed by atoms with E-state index in [1.54, 1.807) is 0 Å². The van der Waals surface area contributed by atoms with Crippen LogP contribution in [-0.4, -0.2) is 19.6 Å². The van der Waals surface area contributed by atoms with E-state index in [1.165, 1.54) is 27.8 Å². The van der Waals surface area contributed by atoms with Crippen LogP contribution in [0.3, 0.4) is 0 Å². The third-order valence-corrected chi connectivity index (χ3v) is 8.37. The molecular formula is C39H29N5Pt. The summed E-state index contributed by atoms with van der Waals surface area (Å²) < 4.78 is 3.86. The molecule has 0 fully saturated rings. The first-order valence-corrected chi connectivity index (χ1v) is 14.8.